The van der Waals surface area contributed by atoms with Crippen molar-refractivity contribution in [3.63, 3.8) is 0 Å². The fourth-order valence-electron chi connectivity index (χ4n) is 4.09. The zero-order valence-corrected chi connectivity index (χ0v) is 25.3. The minimum Gasteiger partial charge on any atom is -0.389 e. The number of ether oxygens (including phenoxy) is 2. The first kappa shape index (κ1) is 30.8. The molecule has 0 aliphatic carbocycles. The van der Waals surface area contributed by atoms with E-state index in [9.17, 15) is 13.2 Å². The highest BCUT2D eigenvalue weighted by molar-refractivity contribution is 7.91. The van der Waals surface area contributed by atoms with Crippen molar-refractivity contribution in [3.8, 4) is 0 Å². The largest absolute Gasteiger partial charge is 0.389 e. The molecule has 2 aromatic heterocycles. The molecule has 41 heavy (non-hydrogen) atoms. The van der Waals surface area contributed by atoms with Crippen LogP contribution >= 0.6 is 11.3 Å². The summed E-state index contributed by atoms with van der Waals surface area (Å²) in [5.74, 6) is -0.578. The molecule has 0 unspecified atom stereocenters. The second-order valence-electron chi connectivity index (χ2n) is 9.90. The molecule has 1 aliphatic rings. The van der Waals surface area contributed by atoms with Crippen molar-refractivity contribution in [2.24, 2.45) is 5.16 Å². The Labute approximate surface area is 244 Å². The molecule has 1 saturated heterocycles. The summed E-state index contributed by atoms with van der Waals surface area (Å²) < 4.78 is 35.7. The number of hydrogen-bond donors (Lipinski definition) is 1. The van der Waals surface area contributed by atoms with Crippen LogP contribution in [0.1, 0.15) is 18.4 Å². The van der Waals surface area contributed by atoms with E-state index in [-0.39, 0.29) is 22.5 Å². The number of thiazole rings is 1. The van der Waals surface area contributed by atoms with Gasteiger partial charge in [-0.15, -0.1) is 0 Å². The lowest BCUT2D eigenvalue weighted by molar-refractivity contribution is -0.110. The minimum absolute atomic E-state index is 0.00392. The van der Waals surface area contributed by atoms with Gasteiger partial charge >= 0.3 is 0 Å². The van der Waals surface area contributed by atoms with Crippen molar-refractivity contribution in [2.45, 2.75) is 23.8 Å². The normalized spacial score (nSPS) is 15.9. The molecule has 4 rings (SSSR count). The number of pyridine rings is 1. The van der Waals surface area contributed by atoms with Crippen molar-refractivity contribution < 1.29 is 27.5 Å². The van der Waals surface area contributed by atoms with Crippen LogP contribution in [0.15, 0.2) is 46.6 Å². The summed E-state index contributed by atoms with van der Waals surface area (Å²) in [6.45, 7) is 2.95. The molecule has 0 radical (unpaired) electrons. The molecule has 0 saturated carbocycles. The van der Waals surface area contributed by atoms with Crippen LogP contribution in [0.5, 0.6) is 0 Å². The number of methoxy groups -OCH3 is 1. The molecular formula is C27H36N6O6S2. The number of amides is 1. The van der Waals surface area contributed by atoms with Crippen LogP contribution in [0.4, 0.5) is 10.8 Å². The van der Waals surface area contributed by atoms with Crippen LogP contribution in [0.25, 0.3) is 10.3 Å². The second kappa shape index (κ2) is 14.1. The number of carbonyl (C=O) groups excluding carboxylic acids is 1. The van der Waals surface area contributed by atoms with Gasteiger partial charge in [-0.25, -0.2) is 18.4 Å². The highest BCUT2D eigenvalue weighted by atomic mass is 32.2. The number of rotatable bonds is 14. The second-order valence-corrected chi connectivity index (χ2v) is 13.0. The van der Waals surface area contributed by atoms with Gasteiger partial charge in [0.1, 0.15) is 10.3 Å². The van der Waals surface area contributed by atoms with E-state index in [0.29, 0.717) is 53.7 Å². The number of aromatic nitrogens is 2. The number of oxime groups is 1. The maximum atomic E-state index is 13.5. The molecular weight excluding hydrogens is 568 g/mol. The highest BCUT2D eigenvalue weighted by Gasteiger charge is 2.23. The number of hydrogen-bond acceptors (Lipinski definition) is 12. The molecule has 3 heterocycles. The summed E-state index contributed by atoms with van der Waals surface area (Å²) in [4.78, 5) is 33.3. The zero-order chi connectivity index (χ0) is 29.4. The Hall–Kier alpha value is -3.17. The maximum Gasteiger partial charge on any atom is 0.280 e. The summed E-state index contributed by atoms with van der Waals surface area (Å²) in [6, 6.07) is 7.94. The van der Waals surface area contributed by atoms with Crippen LogP contribution in [-0.4, -0.2) is 108 Å². The predicted molar refractivity (Wildman–Crippen MR) is 160 cm³/mol. The van der Waals surface area contributed by atoms with Crippen molar-refractivity contribution in [3.05, 3.63) is 42.1 Å². The number of carbonyl (C=O) groups is 1. The van der Waals surface area contributed by atoms with Gasteiger partial charge in [0.25, 0.3) is 5.91 Å². The van der Waals surface area contributed by atoms with E-state index >= 15 is 0 Å². The van der Waals surface area contributed by atoms with Crippen molar-refractivity contribution in [2.75, 3.05) is 77.1 Å². The maximum absolute atomic E-state index is 13.5. The molecule has 14 heteroatoms. The topological polar surface area (TPSA) is 136 Å². The van der Waals surface area contributed by atoms with Gasteiger partial charge < -0.3 is 24.1 Å². The number of nitrogens with one attached hydrogen (secondary N) is 1. The Kier molecular flexibility index (Phi) is 10.6. The smallest absolute Gasteiger partial charge is 0.280 e. The third-order valence-electron chi connectivity index (χ3n) is 6.43. The van der Waals surface area contributed by atoms with Gasteiger partial charge in [0.2, 0.25) is 0 Å². The van der Waals surface area contributed by atoms with Crippen LogP contribution in [0.2, 0.25) is 0 Å². The van der Waals surface area contributed by atoms with E-state index in [1.54, 1.807) is 18.3 Å². The first-order chi connectivity index (χ1) is 19.7. The van der Waals surface area contributed by atoms with E-state index in [2.05, 4.69) is 30.2 Å². The van der Waals surface area contributed by atoms with Gasteiger partial charge in [0.05, 0.1) is 29.5 Å². The van der Waals surface area contributed by atoms with E-state index in [4.69, 9.17) is 14.3 Å². The number of sulfone groups is 1. The van der Waals surface area contributed by atoms with E-state index in [1.807, 2.05) is 27.2 Å². The monoisotopic (exact) mass is 604 g/mol. The minimum atomic E-state index is -3.49. The van der Waals surface area contributed by atoms with Gasteiger partial charge in [-0.3, -0.25) is 10.1 Å². The Morgan fingerprint density at radius 3 is 2.66 bits per heavy atom. The van der Waals surface area contributed by atoms with Crippen molar-refractivity contribution in [1.82, 2.24) is 14.9 Å². The fraction of sp³-hybridized carbons (Fsp3) is 0.481. The first-order valence-corrected chi connectivity index (χ1v) is 15.7. The molecule has 1 atom stereocenters. The summed E-state index contributed by atoms with van der Waals surface area (Å²) in [6.07, 6.45) is 2.50. The zero-order valence-electron chi connectivity index (χ0n) is 23.7. The third kappa shape index (κ3) is 8.20. The lowest BCUT2D eigenvalue weighted by Crippen LogP contribution is -2.28. The lowest BCUT2D eigenvalue weighted by atomic mass is 10.1. The van der Waals surface area contributed by atoms with Gasteiger partial charge in [-0.2, -0.15) is 0 Å². The van der Waals surface area contributed by atoms with Crippen LogP contribution in [0, 0.1) is 0 Å². The molecule has 1 amide bonds. The molecule has 3 aromatic rings. The quantitative estimate of drug-likeness (QED) is 0.166. The van der Waals surface area contributed by atoms with Crippen molar-refractivity contribution >= 4 is 54.0 Å². The Balaban J connectivity index is 1.57. The van der Waals surface area contributed by atoms with E-state index in [1.165, 1.54) is 30.6 Å². The third-order valence-corrected chi connectivity index (χ3v) is 9.13. The number of nitrogens with zero attached hydrogens (tertiary/aromatic N) is 5. The van der Waals surface area contributed by atoms with E-state index < -0.39 is 15.7 Å². The number of anilines is 2. The highest BCUT2D eigenvalue weighted by Crippen LogP contribution is 2.31. The summed E-state index contributed by atoms with van der Waals surface area (Å²) in [7, 11) is 4.06. The molecule has 0 bridgehead atoms. The van der Waals surface area contributed by atoms with E-state index in [0.717, 1.165) is 18.8 Å². The molecule has 1 N–H and O–H groups in total. The average molecular weight is 605 g/mol. The molecule has 0 spiro atoms. The summed E-state index contributed by atoms with van der Waals surface area (Å²) >= 11 is 1.26. The summed E-state index contributed by atoms with van der Waals surface area (Å²) in [5.41, 5.74) is 2.00. The number of fused-ring (bicyclic) bond motifs is 1. The van der Waals surface area contributed by atoms with Crippen molar-refractivity contribution in [1.29, 1.82) is 0 Å². The fourth-order valence-corrected chi connectivity index (χ4v) is 6.20. The van der Waals surface area contributed by atoms with Crippen LogP contribution < -0.4 is 10.2 Å². The molecule has 12 nitrogen and oxygen atoms in total. The standard InChI is InChI=1S/C27H36N6O6S2/c1-32(2)13-14-33(3)22-10-12-28-26-24(22)29-27(40-26)30-25(34)23(31-39-20-11-16-38-18-20)19-6-8-21(9-7-19)41(35,36)17-5-15-37-4/h6-10,12,20H,5,11,13-18H2,1-4H3,(H,29,30,34)/b31-23+/t20-/m1/s1. The number of likely N-dealkylation sites (N-methyl/N-ethyl adjacent to an activating group) is 2. The van der Waals surface area contributed by atoms with Gasteiger partial charge in [0.15, 0.2) is 26.8 Å². The predicted octanol–water partition coefficient (Wildman–Crippen LogP) is 2.65. The Bertz CT molecular complexity index is 1450. The lowest BCUT2D eigenvalue weighted by Gasteiger charge is -2.21. The Morgan fingerprint density at radius 2 is 1.98 bits per heavy atom. The molecule has 1 aliphatic heterocycles. The molecule has 1 fully saturated rings. The SMILES string of the molecule is COCCCS(=O)(=O)c1ccc(/C(=N\O[C@@H]2CCOC2)C(=O)Nc2nc3c(N(C)CCN(C)C)ccnc3s2)cc1. The Morgan fingerprint density at radius 1 is 1.20 bits per heavy atom. The van der Waals surface area contributed by atoms with Gasteiger partial charge in [-0.05, 0) is 38.7 Å². The number of benzene rings is 1. The average Bonchev–Trinajstić information content (AvgIpc) is 3.61. The van der Waals surface area contributed by atoms with Gasteiger partial charge in [-0.1, -0.05) is 28.6 Å². The van der Waals surface area contributed by atoms with Gasteiger partial charge in [0, 0.05) is 52.0 Å². The first-order valence-electron chi connectivity index (χ1n) is 13.2. The van der Waals surface area contributed by atoms with Crippen LogP contribution in [0.3, 0.4) is 0 Å². The summed E-state index contributed by atoms with van der Waals surface area (Å²) in [5, 5.41) is 7.36. The molecule has 222 valence electrons. The molecule has 1 aromatic carbocycles. The van der Waals surface area contributed by atoms with Crippen LogP contribution in [-0.2, 0) is 28.9 Å².